The number of anilines is 1. The number of hydrogen-bond acceptors (Lipinski definition) is 4. The fourth-order valence-electron chi connectivity index (χ4n) is 3.38. The summed E-state index contributed by atoms with van der Waals surface area (Å²) in [7, 11) is 0. The molecule has 1 heterocycles. The Labute approximate surface area is 168 Å². The van der Waals surface area contributed by atoms with Crippen LogP contribution in [0.15, 0.2) is 60.7 Å². The quantitative estimate of drug-likeness (QED) is 0.572. The standard InChI is InChI=1S/C24H30N2O2/c1-24(2,3)28-23(27)14-13-20-9-7-8-10-21(20)19-25-15-17-26(18-16-25)22-11-5-4-6-12-22/h4-14H,15-19H2,1-3H3/b14-13+. The molecule has 0 N–H and O–H groups in total. The van der Waals surface area contributed by atoms with Crippen LogP contribution in [0, 0.1) is 0 Å². The van der Waals surface area contributed by atoms with E-state index in [2.05, 4.69) is 58.3 Å². The maximum absolute atomic E-state index is 12.0. The number of rotatable bonds is 5. The summed E-state index contributed by atoms with van der Waals surface area (Å²) in [5.41, 5.74) is 3.12. The molecule has 0 saturated carbocycles. The number of para-hydroxylation sites is 1. The molecular formula is C24H30N2O2. The molecule has 2 aromatic carbocycles. The van der Waals surface area contributed by atoms with E-state index in [-0.39, 0.29) is 5.97 Å². The molecule has 1 aliphatic rings. The first-order valence-corrected chi connectivity index (χ1v) is 9.92. The molecule has 0 radical (unpaired) electrons. The van der Waals surface area contributed by atoms with E-state index in [4.69, 9.17) is 4.74 Å². The second-order valence-electron chi connectivity index (χ2n) is 8.16. The molecule has 0 amide bonds. The molecule has 28 heavy (non-hydrogen) atoms. The van der Waals surface area contributed by atoms with Gasteiger partial charge in [0.2, 0.25) is 0 Å². The van der Waals surface area contributed by atoms with Crippen molar-refractivity contribution in [3.8, 4) is 0 Å². The Morgan fingerprint density at radius 3 is 2.29 bits per heavy atom. The third kappa shape index (κ3) is 5.96. The normalized spacial score (nSPS) is 15.8. The van der Waals surface area contributed by atoms with E-state index in [0.29, 0.717) is 0 Å². The van der Waals surface area contributed by atoms with Crippen LogP contribution in [0.1, 0.15) is 31.9 Å². The Morgan fingerprint density at radius 2 is 1.61 bits per heavy atom. The maximum Gasteiger partial charge on any atom is 0.331 e. The van der Waals surface area contributed by atoms with Crippen molar-refractivity contribution in [1.82, 2.24) is 4.90 Å². The number of benzene rings is 2. The first-order valence-electron chi connectivity index (χ1n) is 9.92. The van der Waals surface area contributed by atoms with E-state index in [0.717, 1.165) is 38.3 Å². The molecule has 4 heteroatoms. The monoisotopic (exact) mass is 378 g/mol. The maximum atomic E-state index is 12.0. The van der Waals surface area contributed by atoms with E-state index in [9.17, 15) is 4.79 Å². The summed E-state index contributed by atoms with van der Waals surface area (Å²) in [6.45, 7) is 10.6. The highest BCUT2D eigenvalue weighted by Crippen LogP contribution is 2.19. The molecule has 0 unspecified atom stereocenters. The summed E-state index contributed by atoms with van der Waals surface area (Å²) >= 11 is 0. The molecule has 0 atom stereocenters. The third-order valence-electron chi connectivity index (χ3n) is 4.75. The average molecular weight is 379 g/mol. The van der Waals surface area contributed by atoms with Gasteiger partial charge in [-0.15, -0.1) is 0 Å². The lowest BCUT2D eigenvalue weighted by Crippen LogP contribution is -2.46. The SMILES string of the molecule is CC(C)(C)OC(=O)/C=C/c1ccccc1CN1CCN(c2ccccc2)CC1. The van der Waals surface area contributed by atoms with Crippen molar-refractivity contribution in [2.24, 2.45) is 0 Å². The van der Waals surface area contributed by atoms with Gasteiger partial charge in [-0.3, -0.25) is 4.90 Å². The van der Waals surface area contributed by atoms with Gasteiger partial charge in [-0.05, 0) is 50.1 Å². The highest BCUT2D eigenvalue weighted by atomic mass is 16.6. The Morgan fingerprint density at radius 1 is 0.964 bits per heavy atom. The Kier molecular flexibility index (Phi) is 6.53. The van der Waals surface area contributed by atoms with Gasteiger partial charge in [-0.1, -0.05) is 42.5 Å². The lowest BCUT2D eigenvalue weighted by molar-refractivity contribution is -0.148. The molecule has 0 aromatic heterocycles. The lowest BCUT2D eigenvalue weighted by atomic mass is 10.1. The summed E-state index contributed by atoms with van der Waals surface area (Å²) in [5, 5.41) is 0. The van der Waals surface area contributed by atoms with Gasteiger partial charge < -0.3 is 9.64 Å². The molecule has 2 aromatic rings. The Balaban J connectivity index is 1.59. The molecule has 0 spiro atoms. The summed E-state index contributed by atoms with van der Waals surface area (Å²) in [6.07, 6.45) is 3.39. The second-order valence-corrected chi connectivity index (χ2v) is 8.16. The molecule has 1 aliphatic heterocycles. The average Bonchev–Trinajstić information content (AvgIpc) is 2.67. The Bertz CT molecular complexity index is 801. The number of ether oxygens (including phenoxy) is 1. The Hall–Kier alpha value is -2.59. The first-order chi connectivity index (χ1) is 13.4. The summed E-state index contributed by atoms with van der Waals surface area (Å²) in [4.78, 5) is 16.9. The van der Waals surface area contributed by atoms with Crippen LogP contribution in [0.2, 0.25) is 0 Å². The minimum Gasteiger partial charge on any atom is -0.457 e. The van der Waals surface area contributed by atoms with Crippen LogP contribution in [0.25, 0.3) is 6.08 Å². The molecule has 0 bridgehead atoms. The van der Waals surface area contributed by atoms with Crippen LogP contribution in [0.3, 0.4) is 0 Å². The van der Waals surface area contributed by atoms with Gasteiger partial charge in [0, 0.05) is 44.5 Å². The topological polar surface area (TPSA) is 32.8 Å². The number of nitrogens with zero attached hydrogens (tertiary/aromatic N) is 2. The van der Waals surface area contributed by atoms with Crippen LogP contribution in [-0.4, -0.2) is 42.6 Å². The van der Waals surface area contributed by atoms with Gasteiger partial charge in [-0.25, -0.2) is 4.79 Å². The number of carbonyl (C=O) groups excluding carboxylic acids is 1. The van der Waals surface area contributed by atoms with Crippen LogP contribution in [-0.2, 0) is 16.1 Å². The van der Waals surface area contributed by atoms with Crippen LogP contribution >= 0.6 is 0 Å². The molecule has 1 fully saturated rings. The summed E-state index contributed by atoms with van der Waals surface area (Å²) in [6, 6.07) is 18.8. The molecular weight excluding hydrogens is 348 g/mol. The molecule has 148 valence electrons. The highest BCUT2D eigenvalue weighted by Gasteiger charge is 2.18. The highest BCUT2D eigenvalue weighted by molar-refractivity contribution is 5.87. The fraction of sp³-hybridized carbons (Fsp3) is 0.375. The van der Waals surface area contributed by atoms with Crippen molar-refractivity contribution < 1.29 is 9.53 Å². The predicted molar refractivity (Wildman–Crippen MR) is 115 cm³/mol. The van der Waals surface area contributed by atoms with E-state index in [1.807, 2.05) is 32.9 Å². The first kappa shape index (κ1) is 20.2. The fourth-order valence-corrected chi connectivity index (χ4v) is 3.38. The molecule has 1 saturated heterocycles. The largest absolute Gasteiger partial charge is 0.457 e. The van der Waals surface area contributed by atoms with Crippen LogP contribution < -0.4 is 4.90 Å². The smallest absolute Gasteiger partial charge is 0.331 e. The molecule has 3 rings (SSSR count). The molecule has 0 aliphatic carbocycles. The minimum atomic E-state index is -0.473. The van der Waals surface area contributed by atoms with Gasteiger partial charge >= 0.3 is 5.97 Å². The van der Waals surface area contributed by atoms with Crippen molar-refractivity contribution >= 4 is 17.7 Å². The number of hydrogen-bond donors (Lipinski definition) is 0. The van der Waals surface area contributed by atoms with Gasteiger partial charge in [0.1, 0.15) is 5.60 Å². The summed E-state index contributed by atoms with van der Waals surface area (Å²) < 4.78 is 5.36. The zero-order chi connectivity index (χ0) is 20.0. The van der Waals surface area contributed by atoms with Crippen molar-refractivity contribution in [2.75, 3.05) is 31.1 Å². The number of piperazine rings is 1. The third-order valence-corrected chi connectivity index (χ3v) is 4.75. The number of carbonyl (C=O) groups is 1. The lowest BCUT2D eigenvalue weighted by Gasteiger charge is -2.36. The number of esters is 1. The van der Waals surface area contributed by atoms with Gasteiger partial charge in [0.05, 0.1) is 0 Å². The van der Waals surface area contributed by atoms with Crippen molar-refractivity contribution in [3.05, 3.63) is 71.8 Å². The van der Waals surface area contributed by atoms with Crippen LogP contribution in [0.4, 0.5) is 5.69 Å². The van der Waals surface area contributed by atoms with Gasteiger partial charge in [0.25, 0.3) is 0 Å². The van der Waals surface area contributed by atoms with Crippen molar-refractivity contribution in [3.63, 3.8) is 0 Å². The molecule has 4 nitrogen and oxygen atoms in total. The van der Waals surface area contributed by atoms with E-state index in [1.54, 1.807) is 0 Å². The predicted octanol–water partition coefficient (Wildman–Crippen LogP) is 4.36. The summed E-state index contributed by atoms with van der Waals surface area (Å²) in [5.74, 6) is -0.307. The van der Waals surface area contributed by atoms with Crippen molar-refractivity contribution in [1.29, 1.82) is 0 Å². The zero-order valence-electron chi connectivity index (χ0n) is 17.1. The van der Waals surface area contributed by atoms with Crippen molar-refractivity contribution in [2.45, 2.75) is 32.9 Å². The zero-order valence-corrected chi connectivity index (χ0v) is 17.1. The van der Waals surface area contributed by atoms with Gasteiger partial charge in [-0.2, -0.15) is 0 Å². The van der Waals surface area contributed by atoms with Crippen LogP contribution in [0.5, 0.6) is 0 Å². The van der Waals surface area contributed by atoms with Gasteiger partial charge in [0.15, 0.2) is 0 Å². The van der Waals surface area contributed by atoms with E-state index >= 15 is 0 Å². The minimum absolute atomic E-state index is 0.307. The second kappa shape index (κ2) is 9.07. The van der Waals surface area contributed by atoms with E-state index < -0.39 is 5.60 Å². The van der Waals surface area contributed by atoms with E-state index in [1.165, 1.54) is 17.3 Å².